The molecule has 102 valence electrons. The Morgan fingerprint density at radius 3 is 2.39 bits per heavy atom. The zero-order valence-corrected chi connectivity index (χ0v) is 12.8. The maximum absolute atomic E-state index is 6.48. The molecule has 1 saturated carbocycles. The molecule has 1 atom stereocenters. The topological polar surface area (TPSA) is 43.8 Å². The van der Waals surface area contributed by atoms with Crippen LogP contribution in [0.4, 0.5) is 0 Å². The van der Waals surface area contributed by atoms with Crippen LogP contribution in [0.5, 0.6) is 0 Å². The molecule has 1 unspecified atom stereocenters. The smallest absolute Gasteiger partial charge is 0.0834 e. The largest absolute Gasteiger partial charge is 0.322 e. The molecule has 1 aromatic rings. The number of halogens is 1. The lowest BCUT2D eigenvalue weighted by molar-refractivity contribution is 0.453. The first kappa shape index (κ1) is 13.9. The van der Waals surface area contributed by atoms with Crippen molar-refractivity contribution in [2.45, 2.75) is 53.6 Å². The van der Waals surface area contributed by atoms with Gasteiger partial charge in [-0.1, -0.05) is 46.2 Å². The van der Waals surface area contributed by atoms with E-state index in [1.54, 1.807) is 6.20 Å². The van der Waals surface area contributed by atoms with Crippen molar-refractivity contribution in [3.8, 4) is 0 Å². The van der Waals surface area contributed by atoms with Gasteiger partial charge in [0.25, 0.3) is 0 Å². The minimum atomic E-state index is -0.0310. The van der Waals surface area contributed by atoms with E-state index in [-0.39, 0.29) is 16.9 Å². The normalized spacial score (nSPS) is 23.1. The Bertz CT molecular complexity index is 434. The summed E-state index contributed by atoms with van der Waals surface area (Å²) in [7, 11) is 0. The van der Waals surface area contributed by atoms with Gasteiger partial charge in [0.1, 0.15) is 0 Å². The van der Waals surface area contributed by atoms with E-state index in [0.29, 0.717) is 10.9 Å². The molecule has 1 aromatic heterocycles. The first-order valence-corrected chi connectivity index (χ1v) is 7.09. The second-order valence-corrected chi connectivity index (χ2v) is 6.95. The molecule has 2 N–H and O–H groups in total. The molecule has 4 heteroatoms. The monoisotopic (exact) mass is 269 g/mol. The van der Waals surface area contributed by atoms with Gasteiger partial charge in [-0.3, -0.25) is 4.68 Å². The van der Waals surface area contributed by atoms with E-state index in [1.165, 1.54) is 0 Å². The number of nitrogens with two attached hydrogens (primary N) is 1. The summed E-state index contributed by atoms with van der Waals surface area (Å²) in [5, 5.41) is 5.04. The lowest BCUT2D eigenvalue weighted by Crippen LogP contribution is -2.21. The van der Waals surface area contributed by atoms with Crippen LogP contribution in [0.2, 0.25) is 5.02 Å². The van der Waals surface area contributed by atoms with Crippen molar-refractivity contribution in [3.05, 3.63) is 16.9 Å². The first-order chi connectivity index (χ1) is 8.25. The Morgan fingerprint density at radius 2 is 1.94 bits per heavy atom. The van der Waals surface area contributed by atoms with Crippen LogP contribution in [-0.4, -0.2) is 9.78 Å². The van der Waals surface area contributed by atoms with Crippen LogP contribution in [-0.2, 0) is 6.54 Å². The van der Waals surface area contributed by atoms with E-state index in [9.17, 15) is 0 Å². The third-order valence-electron chi connectivity index (χ3n) is 5.08. The standard InChI is InChI=1S/C14H24ClN3/c1-6-7-18-11(9(15)8-17-18)10(16)12-13(2,3)14(12,4)5/h8,10,12H,6-7,16H2,1-5H3. The highest BCUT2D eigenvalue weighted by atomic mass is 35.5. The summed E-state index contributed by atoms with van der Waals surface area (Å²) in [6, 6.07) is -0.0310. The van der Waals surface area contributed by atoms with Crippen LogP contribution in [0.15, 0.2) is 6.20 Å². The van der Waals surface area contributed by atoms with Gasteiger partial charge in [0.15, 0.2) is 0 Å². The Hall–Kier alpha value is -0.540. The number of aromatic nitrogens is 2. The van der Waals surface area contributed by atoms with Crippen LogP contribution in [0.1, 0.15) is 52.8 Å². The fourth-order valence-electron chi connectivity index (χ4n) is 3.40. The van der Waals surface area contributed by atoms with E-state index in [0.717, 1.165) is 18.7 Å². The molecular formula is C14H24ClN3. The van der Waals surface area contributed by atoms with E-state index in [4.69, 9.17) is 17.3 Å². The summed E-state index contributed by atoms with van der Waals surface area (Å²) in [6.07, 6.45) is 2.75. The molecule has 1 fully saturated rings. The predicted octanol–water partition coefficient (Wildman–Crippen LogP) is 3.63. The molecular weight excluding hydrogens is 246 g/mol. The highest BCUT2D eigenvalue weighted by molar-refractivity contribution is 6.31. The Balaban J connectivity index is 2.31. The van der Waals surface area contributed by atoms with E-state index in [2.05, 4.69) is 39.7 Å². The second kappa shape index (κ2) is 4.24. The summed E-state index contributed by atoms with van der Waals surface area (Å²) in [5.41, 5.74) is 8.01. The van der Waals surface area contributed by atoms with Crippen molar-refractivity contribution in [1.82, 2.24) is 9.78 Å². The fourth-order valence-corrected chi connectivity index (χ4v) is 3.66. The third kappa shape index (κ3) is 1.79. The zero-order valence-electron chi connectivity index (χ0n) is 12.0. The summed E-state index contributed by atoms with van der Waals surface area (Å²) in [4.78, 5) is 0. The van der Waals surface area contributed by atoms with Gasteiger partial charge in [-0.15, -0.1) is 0 Å². The average molecular weight is 270 g/mol. The molecule has 0 spiro atoms. The van der Waals surface area contributed by atoms with E-state index < -0.39 is 0 Å². The van der Waals surface area contributed by atoms with Gasteiger partial charge in [0, 0.05) is 6.54 Å². The molecule has 3 nitrogen and oxygen atoms in total. The van der Waals surface area contributed by atoms with Gasteiger partial charge < -0.3 is 5.73 Å². The van der Waals surface area contributed by atoms with Crippen LogP contribution in [0.3, 0.4) is 0 Å². The minimum absolute atomic E-state index is 0.0310. The highest BCUT2D eigenvalue weighted by Crippen LogP contribution is 2.72. The molecule has 18 heavy (non-hydrogen) atoms. The average Bonchev–Trinajstić information content (AvgIpc) is 2.55. The molecule has 1 heterocycles. The van der Waals surface area contributed by atoms with E-state index in [1.807, 2.05) is 4.68 Å². The number of aryl methyl sites for hydroxylation is 1. The number of rotatable bonds is 4. The Labute approximate surface area is 115 Å². The lowest BCUT2D eigenvalue weighted by atomic mass is 10.0. The van der Waals surface area contributed by atoms with Crippen molar-refractivity contribution in [3.63, 3.8) is 0 Å². The molecule has 1 aliphatic carbocycles. The molecule has 2 rings (SSSR count). The molecule has 0 aliphatic heterocycles. The van der Waals surface area contributed by atoms with Gasteiger partial charge >= 0.3 is 0 Å². The number of hydrogen-bond acceptors (Lipinski definition) is 2. The van der Waals surface area contributed by atoms with Crippen LogP contribution >= 0.6 is 11.6 Å². The Kier molecular flexibility index (Phi) is 3.27. The fraction of sp³-hybridized carbons (Fsp3) is 0.786. The highest BCUT2D eigenvalue weighted by Gasteiger charge is 2.67. The third-order valence-corrected chi connectivity index (χ3v) is 5.37. The minimum Gasteiger partial charge on any atom is -0.322 e. The number of nitrogens with zero attached hydrogens (tertiary/aromatic N) is 2. The van der Waals surface area contributed by atoms with Crippen LogP contribution in [0.25, 0.3) is 0 Å². The zero-order chi connectivity index (χ0) is 13.7. The van der Waals surface area contributed by atoms with Gasteiger partial charge in [-0.05, 0) is 23.2 Å². The molecule has 1 aliphatic rings. The SMILES string of the molecule is CCCn1ncc(Cl)c1C(N)C1C(C)(C)C1(C)C. The summed E-state index contributed by atoms with van der Waals surface area (Å²) in [6.45, 7) is 12.1. The van der Waals surface area contributed by atoms with Crippen LogP contribution < -0.4 is 5.73 Å². The van der Waals surface area contributed by atoms with Crippen molar-refractivity contribution in [1.29, 1.82) is 0 Å². The molecule has 0 bridgehead atoms. The maximum atomic E-state index is 6.48. The maximum Gasteiger partial charge on any atom is 0.0834 e. The first-order valence-electron chi connectivity index (χ1n) is 6.72. The second-order valence-electron chi connectivity index (χ2n) is 6.55. The molecule has 0 radical (unpaired) electrons. The quantitative estimate of drug-likeness (QED) is 0.907. The molecule has 0 amide bonds. The predicted molar refractivity (Wildman–Crippen MR) is 75.5 cm³/mol. The van der Waals surface area contributed by atoms with Gasteiger partial charge in [-0.2, -0.15) is 5.10 Å². The van der Waals surface area contributed by atoms with Crippen LogP contribution in [0, 0.1) is 16.7 Å². The van der Waals surface area contributed by atoms with E-state index >= 15 is 0 Å². The molecule has 0 saturated heterocycles. The van der Waals surface area contributed by atoms with Gasteiger partial charge in [0.05, 0.1) is 23.0 Å². The number of hydrogen-bond donors (Lipinski definition) is 1. The van der Waals surface area contributed by atoms with Crippen molar-refractivity contribution in [2.75, 3.05) is 0 Å². The van der Waals surface area contributed by atoms with Crippen molar-refractivity contribution < 1.29 is 0 Å². The summed E-state index contributed by atoms with van der Waals surface area (Å²) < 4.78 is 1.97. The van der Waals surface area contributed by atoms with Gasteiger partial charge in [0.2, 0.25) is 0 Å². The Morgan fingerprint density at radius 1 is 1.39 bits per heavy atom. The molecule has 0 aromatic carbocycles. The van der Waals surface area contributed by atoms with Gasteiger partial charge in [-0.25, -0.2) is 0 Å². The van der Waals surface area contributed by atoms with Crippen molar-refractivity contribution in [2.24, 2.45) is 22.5 Å². The lowest BCUT2D eigenvalue weighted by Gasteiger charge is -2.16. The summed E-state index contributed by atoms with van der Waals surface area (Å²) >= 11 is 6.27. The summed E-state index contributed by atoms with van der Waals surface area (Å²) in [5.74, 6) is 0.454. The van der Waals surface area contributed by atoms with Crippen molar-refractivity contribution >= 4 is 11.6 Å².